The Balaban J connectivity index is 1.52. The molecule has 2 aliphatic rings. The van der Waals surface area contributed by atoms with Gasteiger partial charge in [-0.1, -0.05) is 24.8 Å². The molecule has 1 saturated heterocycles. The van der Waals surface area contributed by atoms with Crippen molar-refractivity contribution in [3.8, 4) is 0 Å². The Morgan fingerprint density at radius 1 is 1.08 bits per heavy atom. The zero-order chi connectivity index (χ0) is 25.7. The molecule has 36 heavy (non-hydrogen) atoms. The number of rotatable bonds is 7. The first-order valence-electron chi connectivity index (χ1n) is 12.4. The van der Waals surface area contributed by atoms with E-state index in [2.05, 4.69) is 53.0 Å². The van der Waals surface area contributed by atoms with Gasteiger partial charge in [0.15, 0.2) is 0 Å². The van der Waals surface area contributed by atoms with Crippen LogP contribution in [0.1, 0.15) is 19.4 Å². The van der Waals surface area contributed by atoms with Gasteiger partial charge in [-0.15, -0.1) is 11.8 Å². The summed E-state index contributed by atoms with van der Waals surface area (Å²) in [6, 6.07) is 16.5. The standard InChI is InChI=1S/C29H35N5OS/c1-6-22-20-27(23-8-14-26(36-5)15-9-23)29(35)34(7-2)28(22)31-21(3)30-24-10-12-25(13-11-24)33-18-16-32(4)17-19-33/h6,8-15,20,30H,3,7,16-19H2,1-2,4-5H3/b22-6-,31-28+. The quantitative estimate of drug-likeness (QED) is 0.520. The molecule has 0 radical (unpaired) electrons. The average molecular weight is 502 g/mol. The maximum atomic E-state index is 13.4. The Kier molecular flexibility index (Phi) is 8.33. The van der Waals surface area contributed by atoms with E-state index >= 15 is 0 Å². The number of aliphatic imine (C=N–C) groups is 1. The number of amides is 1. The van der Waals surface area contributed by atoms with E-state index in [0.717, 1.165) is 43.0 Å². The summed E-state index contributed by atoms with van der Waals surface area (Å²) in [6.45, 7) is 12.8. The van der Waals surface area contributed by atoms with Crippen molar-refractivity contribution in [1.29, 1.82) is 0 Å². The second-order valence-corrected chi connectivity index (χ2v) is 9.80. The van der Waals surface area contributed by atoms with E-state index in [1.54, 1.807) is 16.7 Å². The molecule has 2 heterocycles. The van der Waals surface area contributed by atoms with E-state index in [9.17, 15) is 4.79 Å². The zero-order valence-electron chi connectivity index (χ0n) is 21.6. The van der Waals surface area contributed by atoms with Crippen molar-refractivity contribution in [3.05, 3.63) is 84.2 Å². The monoisotopic (exact) mass is 501 g/mol. The van der Waals surface area contributed by atoms with Gasteiger partial charge in [-0.25, -0.2) is 4.99 Å². The van der Waals surface area contributed by atoms with Gasteiger partial charge in [0, 0.05) is 60.1 Å². The highest BCUT2D eigenvalue weighted by molar-refractivity contribution is 7.98. The molecule has 0 spiro atoms. The van der Waals surface area contributed by atoms with Crippen LogP contribution < -0.4 is 10.2 Å². The lowest BCUT2D eigenvalue weighted by atomic mass is 9.96. The molecule has 0 unspecified atom stereocenters. The Morgan fingerprint density at radius 3 is 2.33 bits per heavy atom. The summed E-state index contributed by atoms with van der Waals surface area (Å²) >= 11 is 1.68. The summed E-state index contributed by atoms with van der Waals surface area (Å²) in [4.78, 5) is 25.8. The topological polar surface area (TPSA) is 51.2 Å². The van der Waals surface area contributed by atoms with Crippen molar-refractivity contribution >= 4 is 40.5 Å². The van der Waals surface area contributed by atoms with E-state index in [4.69, 9.17) is 4.99 Å². The summed E-state index contributed by atoms with van der Waals surface area (Å²) in [7, 11) is 2.16. The molecule has 1 fully saturated rings. The maximum absolute atomic E-state index is 13.4. The smallest absolute Gasteiger partial charge is 0.260 e. The first-order valence-corrected chi connectivity index (χ1v) is 13.6. The van der Waals surface area contributed by atoms with Crippen LogP contribution in [0, 0.1) is 0 Å². The Labute approximate surface area is 219 Å². The highest BCUT2D eigenvalue weighted by atomic mass is 32.2. The molecule has 2 aromatic rings. The van der Waals surface area contributed by atoms with Gasteiger partial charge in [0.1, 0.15) is 11.7 Å². The maximum Gasteiger partial charge on any atom is 0.260 e. The summed E-state index contributed by atoms with van der Waals surface area (Å²) in [6.07, 6.45) is 5.96. The normalized spacial score (nSPS) is 19.1. The molecule has 0 saturated carbocycles. The number of allylic oxidation sites excluding steroid dienone is 1. The second kappa shape index (κ2) is 11.6. The predicted molar refractivity (Wildman–Crippen MR) is 154 cm³/mol. The van der Waals surface area contributed by atoms with Gasteiger partial charge in [0.25, 0.3) is 5.91 Å². The summed E-state index contributed by atoms with van der Waals surface area (Å²) in [5.41, 5.74) is 4.62. The van der Waals surface area contributed by atoms with Crippen LogP contribution in [0.15, 0.2) is 88.5 Å². The lowest BCUT2D eigenvalue weighted by Crippen LogP contribution is -2.44. The van der Waals surface area contributed by atoms with Gasteiger partial charge < -0.3 is 15.1 Å². The molecular formula is C29H35N5OS. The number of anilines is 2. The number of hydrogen-bond acceptors (Lipinski definition) is 6. The number of benzene rings is 2. The largest absolute Gasteiger partial charge is 0.369 e. The van der Waals surface area contributed by atoms with E-state index < -0.39 is 0 Å². The van der Waals surface area contributed by atoms with Crippen LogP contribution in [-0.2, 0) is 4.79 Å². The highest BCUT2D eigenvalue weighted by Gasteiger charge is 2.29. The van der Waals surface area contributed by atoms with Crippen molar-refractivity contribution in [2.75, 3.05) is 56.2 Å². The van der Waals surface area contributed by atoms with Crippen molar-refractivity contribution in [3.63, 3.8) is 0 Å². The molecule has 0 aliphatic carbocycles. The Morgan fingerprint density at radius 2 is 1.75 bits per heavy atom. The number of hydrogen-bond donors (Lipinski definition) is 1. The molecule has 0 atom stereocenters. The van der Waals surface area contributed by atoms with Crippen molar-refractivity contribution in [2.45, 2.75) is 18.7 Å². The van der Waals surface area contributed by atoms with E-state index in [1.165, 1.54) is 10.6 Å². The number of thioether (sulfide) groups is 1. The van der Waals surface area contributed by atoms with Crippen LogP contribution in [0.5, 0.6) is 0 Å². The Hall–Kier alpha value is -3.29. The SMILES string of the molecule is C=C(/N=C1\C(=C/C)C=C(c2ccc(SC)cc2)C(=O)N1CC)Nc1ccc(N2CCN(C)CC2)cc1. The summed E-state index contributed by atoms with van der Waals surface area (Å²) in [5, 5.41) is 3.29. The third kappa shape index (κ3) is 5.74. The molecule has 4 rings (SSSR count). The lowest BCUT2D eigenvalue weighted by Gasteiger charge is -2.34. The minimum atomic E-state index is -0.0527. The third-order valence-corrected chi connectivity index (χ3v) is 7.33. The highest BCUT2D eigenvalue weighted by Crippen LogP contribution is 2.29. The number of nitrogens with zero attached hydrogens (tertiary/aromatic N) is 4. The molecule has 2 aliphatic heterocycles. The van der Waals surface area contributed by atoms with Crippen LogP contribution in [0.4, 0.5) is 11.4 Å². The molecular weight excluding hydrogens is 466 g/mol. The van der Waals surface area contributed by atoms with Crippen molar-refractivity contribution in [2.24, 2.45) is 4.99 Å². The molecule has 0 aromatic heterocycles. The lowest BCUT2D eigenvalue weighted by molar-refractivity contribution is -0.121. The first kappa shape index (κ1) is 25.8. The van der Waals surface area contributed by atoms with E-state index in [1.807, 2.05) is 56.5 Å². The zero-order valence-corrected chi connectivity index (χ0v) is 22.4. The average Bonchev–Trinajstić information content (AvgIpc) is 2.90. The number of carbonyl (C=O) groups is 1. The van der Waals surface area contributed by atoms with E-state index in [0.29, 0.717) is 23.8 Å². The number of carbonyl (C=O) groups excluding carboxylic acids is 1. The molecule has 1 N–H and O–H groups in total. The fourth-order valence-corrected chi connectivity index (χ4v) is 4.84. The van der Waals surface area contributed by atoms with E-state index in [-0.39, 0.29) is 5.91 Å². The van der Waals surface area contributed by atoms with Gasteiger partial charge in [0.2, 0.25) is 0 Å². The first-order chi connectivity index (χ1) is 17.4. The van der Waals surface area contributed by atoms with Gasteiger partial charge in [-0.2, -0.15) is 0 Å². The van der Waals surface area contributed by atoms with Gasteiger partial charge in [0.05, 0.1) is 0 Å². The van der Waals surface area contributed by atoms with Crippen LogP contribution in [0.3, 0.4) is 0 Å². The van der Waals surface area contributed by atoms with Crippen molar-refractivity contribution < 1.29 is 4.79 Å². The molecule has 188 valence electrons. The molecule has 0 bridgehead atoms. The van der Waals surface area contributed by atoms with Gasteiger partial charge >= 0.3 is 0 Å². The third-order valence-electron chi connectivity index (χ3n) is 6.58. The molecule has 1 amide bonds. The number of amidine groups is 1. The fraction of sp³-hybridized carbons (Fsp3) is 0.310. The molecule has 6 nitrogen and oxygen atoms in total. The van der Waals surface area contributed by atoms with Crippen LogP contribution >= 0.6 is 11.8 Å². The second-order valence-electron chi connectivity index (χ2n) is 8.92. The number of nitrogens with one attached hydrogen (secondary N) is 1. The predicted octanol–water partition coefficient (Wildman–Crippen LogP) is 5.33. The number of likely N-dealkylation sites (N-methyl/N-ethyl adjacent to an activating group) is 2. The minimum absolute atomic E-state index is 0.0527. The molecule has 7 heteroatoms. The summed E-state index contributed by atoms with van der Waals surface area (Å²) in [5.74, 6) is 1.05. The Bertz CT molecular complexity index is 1190. The summed E-state index contributed by atoms with van der Waals surface area (Å²) < 4.78 is 0. The van der Waals surface area contributed by atoms with Gasteiger partial charge in [-0.3, -0.25) is 9.69 Å². The van der Waals surface area contributed by atoms with Crippen LogP contribution in [0.2, 0.25) is 0 Å². The fourth-order valence-electron chi connectivity index (χ4n) is 4.43. The molecule has 2 aromatic carbocycles. The van der Waals surface area contributed by atoms with Crippen LogP contribution in [-0.4, -0.2) is 67.6 Å². The van der Waals surface area contributed by atoms with Crippen molar-refractivity contribution in [1.82, 2.24) is 9.80 Å². The van der Waals surface area contributed by atoms with Gasteiger partial charge in [-0.05, 0) is 75.2 Å². The minimum Gasteiger partial charge on any atom is -0.369 e. The number of piperazine rings is 1. The van der Waals surface area contributed by atoms with Crippen LogP contribution in [0.25, 0.3) is 5.57 Å².